The lowest BCUT2D eigenvalue weighted by Crippen LogP contribution is -2.46. The van der Waals surface area contributed by atoms with Crippen LogP contribution in [0.4, 0.5) is 13.2 Å². The molecular formula is C16H22F3N3O3S. The summed E-state index contributed by atoms with van der Waals surface area (Å²) in [5.41, 5.74) is -1.10. The molecule has 1 unspecified atom stereocenters. The van der Waals surface area contributed by atoms with E-state index in [4.69, 9.17) is 4.74 Å². The van der Waals surface area contributed by atoms with Crippen molar-refractivity contribution in [2.45, 2.75) is 23.9 Å². The molecule has 0 aliphatic carbocycles. The number of pyridine rings is 1. The van der Waals surface area contributed by atoms with E-state index in [-0.39, 0.29) is 10.8 Å². The first kappa shape index (κ1) is 19.5. The number of nitrogens with zero attached hydrogens (tertiary/aromatic N) is 3. The van der Waals surface area contributed by atoms with Crippen molar-refractivity contribution in [1.82, 2.24) is 14.2 Å². The topological polar surface area (TPSA) is 62.7 Å². The summed E-state index contributed by atoms with van der Waals surface area (Å²) in [6, 6.07) is 1.69. The van der Waals surface area contributed by atoms with Gasteiger partial charge in [-0.2, -0.15) is 17.5 Å². The maximum absolute atomic E-state index is 12.8. The van der Waals surface area contributed by atoms with E-state index >= 15 is 0 Å². The number of alkyl halides is 3. The fraction of sp³-hybridized carbons (Fsp3) is 0.688. The molecule has 1 atom stereocenters. The fourth-order valence-corrected chi connectivity index (χ4v) is 4.89. The van der Waals surface area contributed by atoms with Crippen molar-refractivity contribution in [3.05, 3.63) is 24.0 Å². The van der Waals surface area contributed by atoms with Crippen LogP contribution in [0.5, 0.6) is 0 Å². The van der Waals surface area contributed by atoms with Crippen molar-refractivity contribution < 1.29 is 26.3 Å². The summed E-state index contributed by atoms with van der Waals surface area (Å²) < 4.78 is 70.0. The van der Waals surface area contributed by atoms with Gasteiger partial charge < -0.3 is 4.74 Å². The summed E-state index contributed by atoms with van der Waals surface area (Å²) in [7, 11) is -3.84. The molecule has 0 aromatic carbocycles. The summed E-state index contributed by atoms with van der Waals surface area (Å²) in [4.78, 5) is 5.34. The van der Waals surface area contributed by atoms with Gasteiger partial charge in [0.2, 0.25) is 10.0 Å². The largest absolute Gasteiger partial charge is 0.433 e. The molecule has 2 saturated heterocycles. The third-order valence-corrected chi connectivity index (χ3v) is 6.62. The monoisotopic (exact) mass is 393 g/mol. The zero-order chi connectivity index (χ0) is 18.8. The lowest BCUT2D eigenvalue weighted by molar-refractivity contribution is -0.141. The van der Waals surface area contributed by atoms with Gasteiger partial charge in [0.1, 0.15) is 10.6 Å². The van der Waals surface area contributed by atoms with Gasteiger partial charge in [0, 0.05) is 38.9 Å². The predicted octanol–water partition coefficient (Wildman–Crippen LogP) is 1.83. The molecule has 0 saturated carbocycles. The first-order chi connectivity index (χ1) is 12.3. The van der Waals surface area contributed by atoms with Gasteiger partial charge in [-0.1, -0.05) is 0 Å². The van der Waals surface area contributed by atoms with Gasteiger partial charge in [-0.3, -0.25) is 9.88 Å². The predicted molar refractivity (Wildman–Crippen MR) is 88.0 cm³/mol. The number of rotatable bonds is 4. The summed E-state index contributed by atoms with van der Waals surface area (Å²) in [6.45, 7) is 4.61. The van der Waals surface area contributed by atoms with E-state index in [1.165, 1.54) is 4.31 Å². The molecule has 2 fully saturated rings. The maximum Gasteiger partial charge on any atom is 0.433 e. The van der Waals surface area contributed by atoms with E-state index < -0.39 is 21.9 Å². The van der Waals surface area contributed by atoms with Gasteiger partial charge in [0.05, 0.1) is 13.2 Å². The van der Waals surface area contributed by atoms with E-state index in [1.54, 1.807) is 0 Å². The molecule has 3 rings (SSSR count). The molecule has 0 amide bonds. The van der Waals surface area contributed by atoms with Crippen molar-refractivity contribution in [1.29, 1.82) is 0 Å². The number of halogens is 3. The minimum Gasteiger partial charge on any atom is -0.379 e. The summed E-state index contributed by atoms with van der Waals surface area (Å²) in [6.07, 6.45) is -2.11. The van der Waals surface area contributed by atoms with Gasteiger partial charge in [0.25, 0.3) is 0 Å². The Bertz CT molecular complexity index is 704. The van der Waals surface area contributed by atoms with Crippen LogP contribution in [0.1, 0.15) is 18.5 Å². The summed E-state index contributed by atoms with van der Waals surface area (Å²) in [5, 5.41) is 0. The van der Waals surface area contributed by atoms with E-state index in [9.17, 15) is 21.6 Å². The van der Waals surface area contributed by atoms with Crippen LogP contribution in [0.25, 0.3) is 0 Å². The van der Waals surface area contributed by atoms with Crippen LogP contribution in [-0.2, 0) is 20.9 Å². The molecule has 0 N–H and O–H groups in total. The molecule has 2 aliphatic heterocycles. The molecule has 26 heavy (non-hydrogen) atoms. The average Bonchev–Trinajstić information content (AvgIpc) is 2.62. The number of morpholine rings is 1. The molecule has 10 heteroatoms. The zero-order valence-electron chi connectivity index (χ0n) is 14.3. The minimum atomic E-state index is -4.59. The standard InChI is InChI=1S/C16H22F3N3O3S/c17-16(18,19)15-4-3-14(10-20-15)26(23,24)22-5-1-2-13(12-22)11-21-6-8-25-9-7-21/h3-4,10,13H,1-2,5-9,11-12H2. The van der Waals surface area contributed by atoms with E-state index in [0.29, 0.717) is 32.4 Å². The van der Waals surface area contributed by atoms with Crippen molar-refractivity contribution in [3.8, 4) is 0 Å². The van der Waals surface area contributed by atoms with Crippen LogP contribution in [0.15, 0.2) is 23.2 Å². The molecule has 0 bridgehead atoms. The molecule has 6 nitrogen and oxygen atoms in total. The van der Waals surface area contributed by atoms with Crippen LogP contribution < -0.4 is 0 Å². The Hall–Kier alpha value is -1.23. The SMILES string of the molecule is O=S(=O)(c1ccc(C(F)(F)F)nc1)N1CCCC(CN2CCOCC2)C1. The summed E-state index contributed by atoms with van der Waals surface area (Å²) in [5.74, 6) is 0.207. The second-order valence-corrected chi connectivity index (χ2v) is 8.60. The van der Waals surface area contributed by atoms with Gasteiger partial charge in [-0.05, 0) is 30.9 Å². The molecule has 1 aromatic rings. The Morgan fingerprint density at radius 3 is 2.54 bits per heavy atom. The number of hydrogen-bond acceptors (Lipinski definition) is 5. The van der Waals surface area contributed by atoms with Gasteiger partial charge in [-0.25, -0.2) is 8.42 Å². The lowest BCUT2D eigenvalue weighted by Gasteiger charge is -2.36. The van der Waals surface area contributed by atoms with Gasteiger partial charge >= 0.3 is 6.18 Å². The Kier molecular flexibility index (Phi) is 5.85. The first-order valence-electron chi connectivity index (χ1n) is 8.60. The van der Waals surface area contributed by atoms with Crippen molar-refractivity contribution in [3.63, 3.8) is 0 Å². The molecule has 3 heterocycles. The highest BCUT2D eigenvalue weighted by molar-refractivity contribution is 7.89. The second kappa shape index (κ2) is 7.79. The number of hydrogen-bond donors (Lipinski definition) is 0. The van der Waals surface area contributed by atoms with Crippen LogP contribution in [-0.4, -0.2) is 68.5 Å². The highest BCUT2D eigenvalue weighted by Crippen LogP contribution is 2.29. The van der Waals surface area contributed by atoms with Crippen LogP contribution >= 0.6 is 0 Å². The van der Waals surface area contributed by atoms with Crippen molar-refractivity contribution in [2.24, 2.45) is 5.92 Å². The zero-order valence-corrected chi connectivity index (χ0v) is 15.1. The fourth-order valence-electron chi connectivity index (χ4n) is 3.39. The first-order valence-corrected chi connectivity index (χ1v) is 10.0. The molecule has 0 spiro atoms. The van der Waals surface area contributed by atoms with Crippen molar-refractivity contribution >= 4 is 10.0 Å². The van der Waals surface area contributed by atoms with E-state index in [0.717, 1.165) is 44.7 Å². The smallest absolute Gasteiger partial charge is 0.379 e. The quantitative estimate of drug-likeness (QED) is 0.781. The lowest BCUT2D eigenvalue weighted by atomic mass is 9.99. The molecule has 146 valence electrons. The molecule has 0 radical (unpaired) electrons. The molecular weight excluding hydrogens is 371 g/mol. The third kappa shape index (κ3) is 4.54. The Balaban J connectivity index is 1.68. The number of piperidine rings is 1. The number of ether oxygens (including phenoxy) is 1. The van der Waals surface area contributed by atoms with Crippen LogP contribution in [0, 0.1) is 5.92 Å². The highest BCUT2D eigenvalue weighted by Gasteiger charge is 2.34. The van der Waals surface area contributed by atoms with Gasteiger partial charge in [-0.15, -0.1) is 0 Å². The highest BCUT2D eigenvalue weighted by atomic mass is 32.2. The molecule has 1 aromatic heterocycles. The second-order valence-electron chi connectivity index (χ2n) is 6.66. The van der Waals surface area contributed by atoms with E-state index in [2.05, 4.69) is 9.88 Å². The summed E-state index contributed by atoms with van der Waals surface area (Å²) >= 11 is 0. The Morgan fingerprint density at radius 1 is 1.19 bits per heavy atom. The maximum atomic E-state index is 12.8. The third-order valence-electron chi connectivity index (χ3n) is 4.77. The van der Waals surface area contributed by atoms with Crippen LogP contribution in [0.3, 0.4) is 0 Å². The Morgan fingerprint density at radius 2 is 1.92 bits per heavy atom. The number of sulfonamides is 1. The Labute approximate surface area is 151 Å². The van der Waals surface area contributed by atoms with E-state index in [1.807, 2.05) is 0 Å². The van der Waals surface area contributed by atoms with Crippen molar-refractivity contribution in [2.75, 3.05) is 45.9 Å². The number of aromatic nitrogens is 1. The average molecular weight is 393 g/mol. The van der Waals surface area contributed by atoms with Gasteiger partial charge in [0.15, 0.2) is 0 Å². The van der Waals surface area contributed by atoms with Crippen LogP contribution in [0.2, 0.25) is 0 Å². The molecule has 2 aliphatic rings. The minimum absolute atomic E-state index is 0.197. The normalized spacial score (nSPS) is 23.9.